The molecule has 2 fully saturated rings. The zero-order valence-corrected chi connectivity index (χ0v) is 15.7. The van der Waals surface area contributed by atoms with Crippen molar-refractivity contribution in [1.82, 2.24) is 14.4 Å². The van der Waals surface area contributed by atoms with Gasteiger partial charge in [0, 0.05) is 37.6 Å². The molecule has 1 saturated heterocycles. The van der Waals surface area contributed by atoms with Crippen LogP contribution in [0.1, 0.15) is 72.7 Å². The van der Waals surface area contributed by atoms with Crippen molar-refractivity contribution in [3.63, 3.8) is 0 Å². The van der Waals surface area contributed by atoms with Gasteiger partial charge in [0.25, 0.3) is 5.91 Å². The van der Waals surface area contributed by atoms with E-state index in [1.54, 1.807) is 0 Å². The minimum atomic E-state index is 0.185. The van der Waals surface area contributed by atoms with E-state index in [0.717, 1.165) is 24.3 Å². The normalized spacial score (nSPS) is 19.8. The molecule has 0 radical (unpaired) electrons. The SMILES string of the molecule is Cc1cc(C(=O)N(C)CCN2CCCC2)c(C)n1C1CCCCC1. The molecule has 0 unspecified atom stereocenters. The first kappa shape index (κ1) is 17.5. The third-order valence-corrected chi connectivity index (χ3v) is 5.95. The van der Waals surface area contributed by atoms with Crippen molar-refractivity contribution in [2.45, 2.75) is 64.8 Å². The Morgan fingerprint density at radius 2 is 1.79 bits per heavy atom. The maximum absolute atomic E-state index is 12.9. The van der Waals surface area contributed by atoms with Crippen molar-refractivity contribution < 1.29 is 4.79 Å². The second-order valence-electron chi connectivity index (χ2n) is 7.72. The molecule has 0 N–H and O–H groups in total. The number of aryl methyl sites for hydroxylation is 1. The number of carbonyl (C=O) groups excluding carboxylic acids is 1. The van der Waals surface area contributed by atoms with Gasteiger partial charge in [-0.05, 0) is 58.7 Å². The van der Waals surface area contributed by atoms with E-state index >= 15 is 0 Å². The zero-order chi connectivity index (χ0) is 17.1. The standard InChI is InChI=1S/C20H33N3O/c1-16-15-19(17(2)23(16)18-9-5-4-6-10-18)20(24)21(3)13-14-22-11-7-8-12-22/h15,18H,4-14H2,1-3H3. The quantitative estimate of drug-likeness (QED) is 0.821. The molecule has 0 bridgehead atoms. The largest absolute Gasteiger partial charge is 0.345 e. The molecule has 1 aromatic rings. The Bertz CT molecular complexity index is 566. The summed E-state index contributed by atoms with van der Waals surface area (Å²) in [6, 6.07) is 2.70. The highest BCUT2D eigenvalue weighted by Gasteiger charge is 2.24. The fourth-order valence-electron chi connectivity index (χ4n) is 4.50. The topological polar surface area (TPSA) is 28.5 Å². The van der Waals surface area contributed by atoms with Gasteiger partial charge in [-0.3, -0.25) is 4.79 Å². The molecule has 2 aliphatic rings. The zero-order valence-electron chi connectivity index (χ0n) is 15.7. The lowest BCUT2D eigenvalue weighted by Gasteiger charge is -2.26. The number of amides is 1. The summed E-state index contributed by atoms with van der Waals surface area (Å²) in [5.41, 5.74) is 3.31. The van der Waals surface area contributed by atoms with Crippen LogP contribution in [0, 0.1) is 13.8 Å². The van der Waals surface area contributed by atoms with Gasteiger partial charge in [0.15, 0.2) is 0 Å². The summed E-state index contributed by atoms with van der Waals surface area (Å²) >= 11 is 0. The lowest BCUT2D eigenvalue weighted by atomic mass is 9.95. The van der Waals surface area contributed by atoms with Crippen LogP contribution >= 0.6 is 0 Å². The average molecular weight is 332 g/mol. The van der Waals surface area contributed by atoms with Gasteiger partial charge in [-0.25, -0.2) is 0 Å². The van der Waals surface area contributed by atoms with E-state index in [4.69, 9.17) is 0 Å². The van der Waals surface area contributed by atoms with E-state index in [1.807, 2.05) is 11.9 Å². The van der Waals surface area contributed by atoms with Gasteiger partial charge < -0.3 is 14.4 Å². The second kappa shape index (κ2) is 7.73. The maximum Gasteiger partial charge on any atom is 0.255 e. The molecule has 1 amide bonds. The molecule has 2 heterocycles. The van der Waals surface area contributed by atoms with E-state index in [1.165, 1.54) is 63.7 Å². The van der Waals surface area contributed by atoms with Gasteiger partial charge in [0.2, 0.25) is 0 Å². The van der Waals surface area contributed by atoms with E-state index in [9.17, 15) is 4.79 Å². The average Bonchev–Trinajstić information content (AvgIpc) is 3.20. The van der Waals surface area contributed by atoms with Crippen LogP contribution in [0.4, 0.5) is 0 Å². The molecule has 1 aromatic heterocycles. The molecule has 3 rings (SSSR count). The van der Waals surface area contributed by atoms with Crippen molar-refractivity contribution in [2.24, 2.45) is 0 Å². The first-order chi connectivity index (χ1) is 11.6. The number of likely N-dealkylation sites (tertiary alicyclic amines) is 1. The number of carbonyl (C=O) groups is 1. The number of nitrogens with zero attached hydrogens (tertiary/aromatic N) is 3. The number of aromatic nitrogens is 1. The first-order valence-electron chi connectivity index (χ1n) is 9.74. The van der Waals surface area contributed by atoms with Crippen LogP contribution in [0.25, 0.3) is 0 Å². The van der Waals surface area contributed by atoms with Crippen molar-refractivity contribution in [2.75, 3.05) is 33.2 Å². The van der Waals surface area contributed by atoms with Crippen LogP contribution in [0.5, 0.6) is 0 Å². The Morgan fingerprint density at radius 1 is 1.12 bits per heavy atom. The molecule has 134 valence electrons. The van der Waals surface area contributed by atoms with Crippen LogP contribution in [-0.2, 0) is 0 Å². The molecule has 1 aliphatic carbocycles. The smallest absolute Gasteiger partial charge is 0.255 e. The summed E-state index contributed by atoms with van der Waals surface area (Å²) in [4.78, 5) is 17.3. The Morgan fingerprint density at radius 3 is 2.46 bits per heavy atom. The fraction of sp³-hybridized carbons (Fsp3) is 0.750. The van der Waals surface area contributed by atoms with Crippen molar-refractivity contribution in [3.05, 3.63) is 23.0 Å². The van der Waals surface area contributed by atoms with Gasteiger partial charge in [0.1, 0.15) is 0 Å². The maximum atomic E-state index is 12.9. The summed E-state index contributed by atoms with van der Waals surface area (Å²) in [5.74, 6) is 0.185. The molecule has 4 heteroatoms. The highest BCUT2D eigenvalue weighted by Crippen LogP contribution is 2.32. The van der Waals surface area contributed by atoms with Gasteiger partial charge in [-0.15, -0.1) is 0 Å². The van der Waals surface area contributed by atoms with Gasteiger partial charge in [-0.2, -0.15) is 0 Å². The molecule has 24 heavy (non-hydrogen) atoms. The molecule has 0 spiro atoms. The number of hydrogen-bond acceptors (Lipinski definition) is 2. The van der Waals surface area contributed by atoms with Crippen LogP contribution in [0.15, 0.2) is 6.07 Å². The number of hydrogen-bond donors (Lipinski definition) is 0. The molecular weight excluding hydrogens is 298 g/mol. The number of likely N-dealkylation sites (N-methyl/N-ethyl adjacent to an activating group) is 1. The summed E-state index contributed by atoms with van der Waals surface area (Å²) in [7, 11) is 1.95. The molecule has 1 saturated carbocycles. The van der Waals surface area contributed by atoms with Gasteiger partial charge >= 0.3 is 0 Å². The van der Waals surface area contributed by atoms with Crippen molar-refractivity contribution >= 4 is 5.91 Å². The Balaban J connectivity index is 1.67. The Hall–Kier alpha value is -1.29. The highest BCUT2D eigenvalue weighted by molar-refractivity contribution is 5.95. The lowest BCUT2D eigenvalue weighted by molar-refractivity contribution is 0.0781. The first-order valence-corrected chi connectivity index (χ1v) is 9.74. The van der Waals surface area contributed by atoms with Crippen LogP contribution in [0.2, 0.25) is 0 Å². The fourth-order valence-corrected chi connectivity index (χ4v) is 4.50. The monoisotopic (exact) mass is 331 g/mol. The third-order valence-electron chi connectivity index (χ3n) is 5.95. The predicted octanol–water partition coefficient (Wildman–Crippen LogP) is 3.78. The van der Waals surface area contributed by atoms with E-state index in [2.05, 4.69) is 29.4 Å². The Labute approximate surface area is 146 Å². The molecular formula is C20H33N3O. The third kappa shape index (κ3) is 3.69. The second-order valence-corrected chi connectivity index (χ2v) is 7.72. The summed E-state index contributed by atoms with van der Waals surface area (Å²) in [5, 5.41) is 0. The Kier molecular flexibility index (Phi) is 5.65. The van der Waals surface area contributed by atoms with Crippen molar-refractivity contribution in [1.29, 1.82) is 0 Å². The summed E-state index contributed by atoms with van der Waals surface area (Å²) in [6.07, 6.45) is 9.13. The van der Waals surface area contributed by atoms with E-state index in [0.29, 0.717) is 6.04 Å². The van der Waals surface area contributed by atoms with Crippen LogP contribution < -0.4 is 0 Å². The lowest BCUT2D eigenvalue weighted by Crippen LogP contribution is -2.35. The predicted molar refractivity (Wildman–Crippen MR) is 98.7 cm³/mol. The molecule has 0 aromatic carbocycles. The minimum Gasteiger partial charge on any atom is -0.345 e. The molecule has 1 aliphatic heterocycles. The highest BCUT2D eigenvalue weighted by atomic mass is 16.2. The minimum absolute atomic E-state index is 0.185. The summed E-state index contributed by atoms with van der Waals surface area (Å²) < 4.78 is 2.43. The molecule has 4 nitrogen and oxygen atoms in total. The molecule has 0 atom stereocenters. The van der Waals surface area contributed by atoms with Crippen LogP contribution in [0.3, 0.4) is 0 Å². The summed E-state index contributed by atoms with van der Waals surface area (Å²) in [6.45, 7) is 8.50. The van der Waals surface area contributed by atoms with Crippen molar-refractivity contribution in [3.8, 4) is 0 Å². The van der Waals surface area contributed by atoms with E-state index < -0.39 is 0 Å². The van der Waals surface area contributed by atoms with Gasteiger partial charge in [0.05, 0.1) is 5.56 Å². The van der Waals surface area contributed by atoms with E-state index in [-0.39, 0.29) is 5.91 Å². The van der Waals surface area contributed by atoms with Crippen LogP contribution in [-0.4, -0.2) is 53.5 Å². The number of rotatable bonds is 5. The van der Waals surface area contributed by atoms with Gasteiger partial charge in [-0.1, -0.05) is 19.3 Å².